The largest absolute Gasteiger partial charge is 0.477 e. The second kappa shape index (κ2) is 4.30. The number of hydrogen-bond donors (Lipinski definition) is 1. The molecule has 0 amide bonds. The minimum atomic E-state index is -1.24. The number of benzene rings is 1. The standard InChI is InChI=1S/C16H11FN2O3/c1-8-5-6-13-14(18-8)12-7-9-10(17)3-2-4-11(9)19(12)15(22-13)16(20)21/h2-7,15H,1H3,(H,20,21). The Bertz CT molecular complexity index is 933. The summed E-state index contributed by atoms with van der Waals surface area (Å²) in [4.78, 5) is 16.0. The Kier molecular flexibility index (Phi) is 2.51. The highest BCUT2D eigenvalue weighted by Crippen LogP contribution is 2.41. The number of halogens is 1. The third-order valence-corrected chi connectivity index (χ3v) is 3.75. The van der Waals surface area contributed by atoms with Crippen LogP contribution in [0.2, 0.25) is 0 Å². The maximum absolute atomic E-state index is 14.0. The fraction of sp³-hybridized carbons (Fsp3) is 0.125. The van der Waals surface area contributed by atoms with E-state index in [9.17, 15) is 14.3 Å². The molecular weight excluding hydrogens is 287 g/mol. The second-order valence-electron chi connectivity index (χ2n) is 5.18. The highest BCUT2D eigenvalue weighted by molar-refractivity contribution is 5.91. The van der Waals surface area contributed by atoms with Crippen molar-refractivity contribution in [3.05, 3.63) is 47.9 Å². The van der Waals surface area contributed by atoms with Gasteiger partial charge in [0.05, 0.1) is 11.2 Å². The quantitative estimate of drug-likeness (QED) is 0.749. The minimum Gasteiger partial charge on any atom is -0.477 e. The zero-order chi connectivity index (χ0) is 15.4. The fourth-order valence-electron chi connectivity index (χ4n) is 2.81. The third kappa shape index (κ3) is 1.64. The van der Waals surface area contributed by atoms with E-state index in [1.807, 2.05) is 6.92 Å². The molecule has 1 atom stereocenters. The molecule has 1 aliphatic rings. The SMILES string of the molecule is Cc1ccc2c(n1)-c1cc3c(F)cccc3n1C(C(=O)O)O2. The molecule has 1 N–H and O–H groups in total. The zero-order valence-corrected chi connectivity index (χ0v) is 11.6. The Balaban J connectivity index is 2.12. The molecule has 1 aromatic carbocycles. The second-order valence-corrected chi connectivity index (χ2v) is 5.18. The van der Waals surface area contributed by atoms with Gasteiger partial charge in [-0.05, 0) is 37.3 Å². The Labute approximate surface area is 124 Å². The van der Waals surface area contributed by atoms with Gasteiger partial charge >= 0.3 is 5.97 Å². The first-order chi connectivity index (χ1) is 10.6. The predicted molar refractivity (Wildman–Crippen MR) is 77.2 cm³/mol. The van der Waals surface area contributed by atoms with Crippen LogP contribution in [0.15, 0.2) is 36.4 Å². The van der Waals surface area contributed by atoms with Crippen molar-refractivity contribution in [3.8, 4) is 17.1 Å². The van der Waals surface area contributed by atoms with Crippen molar-refractivity contribution in [1.82, 2.24) is 9.55 Å². The predicted octanol–water partition coefficient (Wildman–Crippen LogP) is 3.13. The van der Waals surface area contributed by atoms with Crippen molar-refractivity contribution in [2.75, 3.05) is 0 Å². The van der Waals surface area contributed by atoms with E-state index in [1.165, 1.54) is 10.6 Å². The van der Waals surface area contributed by atoms with Gasteiger partial charge in [-0.1, -0.05) is 6.07 Å². The molecule has 0 saturated carbocycles. The molecule has 1 unspecified atom stereocenters. The first-order valence-electron chi connectivity index (χ1n) is 6.73. The maximum atomic E-state index is 14.0. The minimum absolute atomic E-state index is 0.350. The maximum Gasteiger partial charge on any atom is 0.367 e. The number of carboxylic acids is 1. The van der Waals surface area contributed by atoms with Crippen molar-refractivity contribution in [1.29, 1.82) is 0 Å². The van der Waals surface area contributed by atoms with Crippen LogP contribution in [-0.4, -0.2) is 20.6 Å². The number of aliphatic carboxylic acids is 1. The Morgan fingerprint density at radius 2 is 2.18 bits per heavy atom. The van der Waals surface area contributed by atoms with Gasteiger partial charge in [-0.25, -0.2) is 14.2 Å². The average molecular weight is 298 g/mol. The highest BCUT2D eigenvalue weighted by Gasteiger charge is 2.33. The Hall–Kier alpha value is -2.89. The number of hydrogen-bond acceptors (Lipinski definition) is 3. The van der Waals surface area contributed by atoms with E-state index in [2.05, 4.69) is 4.98 Å². The summed E-state index contributed by atoms with van der Waals surface area (Å²) in [5.41, 5.74) is 2.30. The van der Waals surface area contributed by atoms with Crippen LogP contribution in [-0.2, 0) is 4.79 Å². The summed E-state index contributed by atoms with van der Waals surface area (Å²) in [5, 5.41) is 9.80. The zero-order valence-electron chi connectivity index (χ0n) is 11.6. The van der Waals surface area contributed by atoms with E-state index in [1.54, 1.807) is 30.3 Å². The Morgan fingerprint density at radius 3 is 2.95 bits per heavy atom. The third-order valence-electron chi connectivity index (χ3n) is 3.75. The molecule has 0 aliphatic carbocycles. The molecule has 4 rings (SSSR count). The van der Waals surface area contributed by atoms with Gasteiger partial charge in [-0.15, -0.1) is 0 Å². The number of pyridine rings is 1. The lowest BCUT2D eigenvalue weighted by Gasteiger charge is -2.26. The van der Waals surface area contributed by atoms with Gasteiger partial charge < -0.3 is 9.84 Å². The number of fused-ring (bicyclic) bond motifs is 5. The fourth-order valence-corrected chi connectivity index (χ4v) is 2.81. The number of nitrogens with zero attached hydrogens (tertiary/aromatic N) is 2. The molecule has 22 heavy (non-hydrogen) atoms. The van der Waals surface area contributed by atoms with Crippen LogP contribution < -0.4 is 4.74 Å². The number of carbonyl (C=O) groups is 1. The van der Waals surface area contributed by atoms with Gasteiger partial charge in [-0.3, -0.25) is 4.57 Å². The topological polar surface area (TPSA) is 64.4 Å². The smallest absolute Gasteiger partial charge is 0.367 e. The Morgan fingerprint density at radius 1 is 1.36 bits per heavy atom. The molecule has 0 saturated heterocycles. The van der Waals surface area contributed by atoms with Crippen molar-refractivity contribution in [2.45, 2.75) is 13.2 Å². The first kappa shape index (κ1) is 12.8. The van der Waals surface area contributed by atoms with E-state index < -0.39 is 18.0 Å². The number of rotatable bonds is 1. The van der Waals surface area contributed by atoms with E-state index in [0.29, 0.717) is 28.0 Å². The monoisotopic (exact) mass is 298 g/mol. The van der Waals surface area contributed by atoms with Crippen LogP contribution in [0.3, 0.4) is 0 Å². The molecule has 0 bridgehead atoms. The highest BCUT2D eigenvalue weighted by atomic mass is 19.1. The molecule has 6 heteroatoms. The number of aromatic nitrogens is 2. The molecule has 1 aliphatic heterocycles. The summed E-state index contributed by atoms with van der Waals surface area (Å²) in [7, 11) is 0. The lowest BCUT2D eigenvalue weighted by molar-refractivity contribution is -0.149. The molecule has 0 fully saturated rings. The van der Waals surface area contributed by atoms with Gasteiger partial charge in [0, 0.05) is 11.1 Å². The van der Waals surface area contributed by atoms with Gasteiger partial charge in [0.2, 0.25) is 0 Å². The molecular formula is C16H11FN2O3. The first-order valence-corrected chi connectivity index (χ1v) is 6.73. The van der Waals surface area contributed by atoms with Crippen LogP contribution in [0.1, 0.15) is 11.9 Å². The van der Waals surface area contributed by atoms with Crippen molar-refractivity contribution < 1.29 is 19.0 Å². The van der Waals surface area contributed by atoms with Crippen LogP contribution in [0, 0.1) is 12.7 Å². The summed E-state index contributed by atoms with van der Waals surface area (Å²) in [5.74, 6) is -1.17. The van der Waals surface area contributed by atoms with Crippen molar-refractivity contribution in [2.24, 2.45) is 0 Å². The number of aryl methyl sites for hydroxylation is 1. The number of carboxylic acid groups (broad SMARTS) is 1. The molecule has 3 heterocycles. The van der Waals surface area contributed by atoms with Crippen LogP contribution in [0.4, 0.5) is 4.39 Å². The summed E-state index contributed by atoms with van der Waals surface area (Å²) in [6.07, 6.45) is -1.24. The van der Waals surface area contributed by atoms with Crippen molar-refractivity contribution >= 4 is 16.9 Å². The molecule has 3 aromatic rings. The van der Waals surface area contributed by atoms with Gasteiger partial charge in [0.15, 0.2) is 5.75 Å². The molecule has 2 aromatic heterocycles. The summed E-state index contributed by atoms with van der Waals surface area (Å²) >= 11 is 0. The van der Waals surface area contributed by atoms with Gasteiger partial charge in [-0.2, -0.15) is 0 Å². The van der Waals surface area contributed by atoms with Crippen molar-refractivity contribution in [3.63, 3.8) is 0 Å². The summed E-state index contributed by atoms with van der Waals surface area (Å²) < 4.78 is 21.1. The molecule has 110 valence electrons. The summed E-state index contributed by atoms with van der Waals surface area (Å²) in [6, 6.07) is 9.61. The van der Waals surface area contributed by atoms with Crippen LogP contribution in [0.5, 0.6) is 5.75 Å². The number of ether oxygens (including phenoxy) is 1. The molecule has 5 nitrogen and oxygen atoms in total. The van der Waals surface area contributed by atoms with E-state index in [-0.39, 0.29) is 0 Å². The van der Waals surface area contributed by atoms with Crippen LogP contribution >= 0.6 is 0 Å². The van der Waals surface area contributed by atoms with Crippen LogP contribution in [0.25, 0.3) is 22.3 Å². The lowest BCUT2D eigenvalue weighted by Crippen LogP contribution is -2.28. The lowest BCUT2D eigenvalue weighted by atomic mass is 10.2. The normalized spacial score (nSPS) is 16.0. The molecule has 0 spiro atoms. The van der Waals surface area contributed by atoms with E-state index >= 15 is 0 Å². The van der Waals surface area contributed by atoms with Gasteiger partial charge in [0.25, 0.3) is 6.23 Å². The molecule has 0 radical (unpaired) electrons. The summed E-state index contributed by atoms with van der Waals surface area (Å²) in [6.45, 7) is 1.83. The average Bonchev–Trinajstić information content (AvgIpc) is 2.88. The van der Waals surface area contributed by atoms with E-state index in [4.69, 9.17) is 4.74 Å². The van der Waals surface area contributed by atoms with E-state index in [0.717, 1.165) is 5.69 Å². The van der Waals surface area contributed by atoms with Gasteiger partial charge in [0.1, 0.15) is 11.5 Å².